The van der Waals surface area contributed by atoms with E-state index in [9.17, 15) is 9.59 Å². The molecule has 2 aliphatic rings. The molecule has 0 radical (unpaired) electrons. The van der Waals surface area contributed by atoms with Gasteiger partial charge in [-0.15, -0.1) is 0 Å². The lowest BCUT2D eigenvalue weighted by Crippen LogP contribution is -2.10. The minimum Gasteiger partial charge on any atom is -0.458 e. The molecule has 0 aliphatic carbocycles. The van der Waals surface area contributed by atoms with E-state index in [-0.39, 0.29) is 31.3 Å². The molecule has 0 saturated heterocycles. The highest BCUT2D eigenvalue weighted by Gasteiger charge is 2.27. The van der Waals surface area contributed by atoms with E-state index in [0.717, 1.165) is 0 Å². The normalized spacial score (nSPS) is 13.3. The smallest absolute Gasteiger partial charge is 0.339 e. The van der Waals surface area contributed by atoms with Crippen molar-refractivity contribution in [1.29, 1.82) is 0 Å². The fourth-order valence-electron chi connectivity index (χ4n) is 3.72. The van der Waals surface area contributed by atoms with Crippen LogP contribution in [-0.2, 0) is 4.74 Å². The van der Waals surface area contributed by atoms with Crippen molar-refractivity contribution in [1.82, 2.24) is 0 Å². The molecule has 30 heavy (non-hydrogen) atoms. The number of aldehydes is 1. The summed E-state index contributed by atoms with van der Waals surface area (Å²) in [6.07, 6.45) is 2.12. The second-order valence-electron chi connectivity index (χ2n) is 6.68. The second-order valence-corrected chi connectivity index (χ2v) is 6.68. The van der Waals surface area contributed by atoms with E-state index in [2.05, 4.69) is 6.58 Å². The molecule has 0 saturated carbocycles. The summed E-state index contributed by atoms with van der Waals surface area (Å²) in [5.41, 5.74) is 1.56. The third-order valence-corrected chi connectivity index (χ3v) is 5.01. The zero-order chi connectivity index (χ0) is 20.7. The molecule has 2 aliphatic heterocycles. The monoisotopic (exact) mass is 404 g/mol. The molecule has 3 aromatic carbocycles. The van der Waals surface area contributed by atoms with Crippen molar-refractivity contribution in [2.24, 2.45) is 0 Å². The van der Waals surface area contributed by atoms with Crippen LogP contribution in [0.25, 0.3) is 21.9 Å². The maximum absolute atomic E-state index is 12.7. The molecule has 5 rings (SSSR count). The van der Waals surface area contributed by atoms with Crippen molar-refractivity contribution in [3.8, 4) is 34.1 Å². The minimum absolute atomic E-state index is 0.0374. The van der Waals surface area contributed by atoms with Gasteiger partial charge in [0.05, 0.1) is 5.56 Å². The lowest BCUT2D eigenvalue weighted by atomic mass is 9.89. The van der Waals surface area contributed by atoms with E-state index in [0.29, 0.717) is 51.2 Å². The Balaban J connectivity index is 1.83. The highest BCUT2D eigenvalue weighted by Crippen LogP contribution is 2.47. The van der Waals surface area contributed by atoms with Crippen LogP contribution >= 0.6 is 0 Å². The third kappa shape index (κ3) is 2.75. The SMILES string of the molecule is C=CCOC(=O)c1cc2ccc3c(c2c(-c2ccc4c(c2)OCO4)c1C=O)OCO3. The van der Waals surface area contributed by atoms with Crippen LogP contribution in [0.15, 0.2) is 49.1 Å². The van der Waals surface area contributed by atoms with Gasteiger partial charge in [-0.1, -0.05) is 24.8 Å². The Morgan fingerprint density at radius 3 is 2.60 bits per heavy atom. The van der Waals surface area contributed by atoms with Gasteiger partial charge in [-0.25, -0.2) is 4.79 Å². The highest BCUT2D eigenvalue weighted by molar-refractivity contribution is 6.14. The lowest BCUT2D eigenvalue weighted by molar-refractivity contribution is 0.0547. The summed E-state index contributed by atoms with van der Waals surface area (Å²) in [6.45, 7) is 3.79. The van der Waals surface area contributed by atoms with E-state index < -0.39 is 5.97 Å². The summed E-state index contributed by atoms with van der Waals surface area (Å²) >= 11 is 0. The average Bonchev–Trinajstić information content (AvgIpc) is 3.44. The van der Waals surface area contributed by atoms with E-state index in [1.165, 1.54) is 6.08 Å². The number of esters is 1. The first-order valence-corrected chi connectivity index (χ1v) is 9.24. The Morgan fingerprint density at radius 1 is 1.00 bits per heavy atom. The van der Waals surface area contributed by atoms with Gasteiger partial charge in [0.25, 0.3) is 0 Å². The highest BCUT2D eigenvalue weighted by atomic mass is 16.7. The molecule has 0 N–H and O–H groups in total. The topological polar surface area (TPSA) is 80.3 Å². The lowest BCUT2D eigenvalue weighted by Gasteiger charge is -2.16. The van der Waals surface area contributed by atoms with Crippen molar-refractivity contribution in [2.45, 2.75) is 0 Å². The number of hydrogen-bond donors (Lipinski definition) is 0. The van der Waals surface area contributed by atoms with Crippen LogP contribution < -0.4 is 18.9 Å². The molecule has 0 aromatic heterocycles. The molecular weight excluding hydrogens is 388 g/mol. The molecule has 0 spiro atoms. The first-order valence-electron chi connectivity index (χ1n) is 9.24. The van der Waals surface area contributed by atoms with Gasteiger partial charge in [0.2, 0.25) is 13.6 Å². The van der Waals surface area contributed by atoms with Gasteiger partial charge in [-0.3, -0.25) is 4.79 Å². The molecule has 0 fully saturated rings. The number of carbonyl (C=O) groups is 2. The maximum atomic E-state index is 12.7. The predicted molar refractivity (Wildman–Crippen MR) is 107 cm³/mol. The molecule has 3 aromatic rings. The van der Waals surface area contributed by atoms with Crippen LogP contribution in [0.5, 0.6) is 23.0 Å². The Bertz CT molecular complexity index is 1210. The van der Waals surface area contributed by atoms with Crippen molar-refractivity contribution in [3.63, 3.8) is 0 Å². The third-order valence-electron chi connectivity index (χ3n) is 5.01. The molecular formula is C23H16O7. The van der Waals surface area contributed by atoms with E-state index >= 15 is 0 Å². The van der Waals surface area contributed by atoms with Gasteiger partial charge in [0.15, 0.2) is 29.3 Å². The predicted octanol–water partition coefficient (Wildman–Crippen LogP) is 4.12. The quantitative estimate of drug-likeness (QED) is 0.359. The molecule has 7 heteroatoms. The van der Waals surface area contributed by atoms with Crippen LogP contribution in [0.4, 0.5) is 0 Å². The number of benzene rings is 3. The largest absolute Gasteiger partial charge is 0.458 e. The number of ether oxygens (including phenoxy) is 5. The zero-order valence-corrected chi connectivity index (χ0v) is 15.8. The molecule has 2 heterocycles. The summed E-state index contributed by atoms with van der Waals surface area (Å²) < 4.78 is 27.3. The van der Waals surface area contributed by atoms with Crippen molar-refractivity contribution >= 4 is 23.0 Å². The van der Waals surface area contributed by atoms with E-state index in [1.807, 2.05) is 12.1 Å². The fraction of sp³-hybridized carbons (Fsp3) is 0.130. The summed E-state index contributed by atoms with van der Waals surface area (Å²) in [5, 5.41) is 1.38. The van der Waals surface area contributed by atoms with E-state index in [4.69, 9.17) is 23.7 Å². The van der Waals surface area contributed by atoms with Gasteiger partial charge in [0.1, 0.15) is 6.61 Å². The number of hydrogen-bond acceptors (Lipinski definition) is 7. The van der Waals surface area contributed by atoms with Crippen LogP contribution in [0.3, 0.4) is 0 Å². The molecule has 150 valence electrons. The minimum atomic E-state index is -0.612. The van der Waals surface area contributed by atoms with Gasteiger partial charge in [-0.2, -0.15) is 0 Å². The standard InChI is InChI=1S/C23H16O7/c1-2-7-26-23(25)15-8-13-4-6-18-22(30-12-28-18)21(13)20(16(15)10-24)14-3-5-17-19(9-14)29-11-27-17/h2-6,8-10H,1,7,11-12H2. The fourth-order valence-corrected chi connectivity index (χ4v) is 3.72. The maximum Gasteiger partial charge on any atom is 0.339 e. The average molecular weight is 404 g/mol. The van der Waals surface area contributed by atoms with Crippen molar-refractivity contribution in [3.05, 3.63) is 60.2 Å². The van der Waals surface area contributed by atoms with Gasteiger partial charge < -0.3 is 23.7 Å². The van der Waals surface area contributed by atoms with E-state index in [1.54, 1.807) is 24.3 Å². The summed E-state index contributed by atoms with van der Waals surface area (Å²) in [4.78, 5) is 24.9. The Labute approximate surface area is 171 Å². The first-order chi connectivity index (χ1) is 14.7. The van der Waals surface area contributed by atoms with Crippen molar-refractivity contribution < 1.29 is 33.3 Å². The number of rotatable bonds is 5. The summed E-state index contributed by atoms with van der Waals surface area (Å²) in [7, 11) is 0. The molecule has 7 nitrogen and oxygen atoms in total. The van der Waals surface area contributed by atoms with Crippen LogP contribution in [0.1, 0.15) is 20.7 Å². The molecule has 0 amide bonds. The molecule has 0 atom stereocenters. The Kier molecular flexibility index (Phi) is 4.28. The first kappa shape index (κ1) is 18.1. The zero-order valence-electron chi connectivity index (χ0n) is 15.8. The number of carbonyl (C=O) groups excluding carboxylic acids is 2. The molecule has 0 bridgehead atoms. The number of fused-ring (bicyclic) bond motifs is 4. The van der Waals surface area contributed by atoms with Crippen LogP contribution in [-0.4, -0.2) is 32.4 Å². The van der Waals surface area contributed by atoms with Gasteiger partial charge in [0, 0.05) is 16.5 Å². The molecule has 0 unspecified atom stereocenters. The van der Waals surface area contributed by atoms with Crippen molar-refractivity contribution in [2.75, 3.05) is 20.2 Å². The Hall–Kier alpha value is -4.00. The second kappa shape index (κ2) is 7.11. The summed E-state index contributed by atoms with van der Waals surface area (Å²) in [5.74, 6) is 1.65. The Morgan fingerprint density at radius 2 is 1.77 bits per heavy atom. The van der Waals surface area contributed by atoms with Crippen LogP contribution in [0, 0.1) is 0 Å². The van der Waals surface area contributed by atoms with Gasteiger partial charge >= 0.3 is 5.97 Å². The van der Waals surface area contributed by atoms with Gasteiger partial charge in [-0.05, 0) is 35.2 Å². The van der Waals surface area contributed by atoms with Crippen LogP contribution in [0.2, 0.25) is 0 Å². The summed E-state index contributed by atoms with van der Waals surface area (Å²) in [6, 6.07) is 10.6.